The van der Waals surface area contributed by atoms with E-state index in [2.05, 4.69) is 32.5 Å². The standard InChI is InChI=1S/C27H28ClN7O6/c1-7-23(37)32-18-10-15(26(38)34(2)3)8-9-17(18)31-21-12-22(30-14-29-21)35(4)27(39)33-25-16(13-36)19(40-5)11-20(41-6)24(25)28/h7-14H,1H2,2-6H3,(H,32,37)(H,33,39)(H,29,30,31). The number of ether oxygens (including phenoxy) is 2. The fraction of sp³-hybridized carbons (Fsp3) is 0.185. The zero-order chi connectivity index (χ0) is 30.3. The van der Waals surface area contributed by atoms with Crippen molar-refractivity contribution in [1.82, 2.24) is 14.9 Å². The van der Waals surface area contributed by atoms with Gasteiger partial charge in [-0.2, -0.15) is 0 Å². The molecule has 0 saturated heterocycles. The van der Waals surface area contributed by atoms with E-state index < -0.39 is 11.9 Å². The molecule has 0 radical (unpaired) electrons. The van der Waals surface area contributed by atoms with Gasteiger partial charge in [-0.1, -0.05) is 18.2 Å². The minimum Gasteiger partial charge on any atom is -0.496 e. The third kappa shape index (κ3) is 6.89. The van der Waals surface area contributed by atoms with Crippen LogP contribution in [0.15, 0.2) is 49.3 Å². The summed E-state index contributed by atoms with van der Waals surface area (Å²) in [6.45, 7) is 3.46. The van der Waals surface area contributed by atoms with E-state index in [1.54, 1.807) is 26.2 Å². The highest BCUT2D eigenvalue weighted by atomic mass is 35.5. The normalized spacial score (nSPS) is 10.2. The molecule has 0 bridgehead atoms. The number of carbonyl (C=O) groups is 4. The molecule has 3 aromatic rings. The summed E-state index contributed by atoms with van der Waals surface area (Å²) >= 11 is 6.37. The highest BCUT2D eigenvalue weighted by Crippen LogP contribution is 2.40. The van der Waals surface area contributed by atoms with Gasteiger partial charge in [-0.25, -0.2) is 14.8 Å². The number of halogens is 1. The monoisotopic (exact) mass is 581 g/mol. The molecular weight excluding hydrogens is 554 g/mol. The summed E-state index contributed by atoms with van der Waals surface area (Å²) in [5.74, 6) is 0.0577. The maximum atomic E-state index is 13.2. The van der Waals surface area contributed by atoms with Crippen molar-refractivity contribution in [2.24, 2.45) is 0 Å². The summed E-state index contributed by atoms with van der Waals surface area (Å²) in [6.07, 6.45) is 2.83. The molecule has 3 N–H and O–H groups in total. The smallest absolute Gasteiger partial charge is 0.327 e. The zero-order valence-corrected chi connectivity index (χ0v) is 23.7. The average Bonchev–Trinajstić information content (AvgIpc) is 2.97. The summed E-state index contributed by atoms with van der Waals surface area (Å²) in [5, 5.41) is 8.32. The van der Waals surface area contributed by atoms with Crippen LogP contribution in [0.1, 0.15) is 20.7 Å². The van der Waals surface area contributed by atoms with Gasteiger partial charge >= 0.3 is 6.03 Å². The number of amides is 4. The molecule has 0 aliphatic rings. The molecule has 2 aromatic carbocycles. The first-order valence-corrected chi connectivity index (χ1v) is 12.2. The molecule has 0 unspecified atom stereocenters. The number of hydrogen-bond acceptors (Lipinski definition) is 9. The summed E-state index contributed by atoms with van der Waals surface area (Å²) in [7, 11) is 7.43. The van der Waals surface area contributed by atoms with Crippen molar-refractivity contribution >= 4 is 64.4 Å². The number of benzene rings is 2. The summed E-state index contributed by atoms with van der Waals surface area (Å²) in [6, 6.07) is 6.94. The van der Waals surface area contributed by atoms with Crippen molar-refractivity contribution in [3.63, 3.8) is 0 Å². The first kappa shape index (κ1) is 30.4. The molecule has 41 heavy (non-hydrogen) atoms. The van der Waals surface area contributed by atoms with E-state index in [4.69, 9.17) is 21.1 Å². The van der Waals surface area contributed by atoms with E-state index in [1.165, 1.54) is 55.6 Å². The minimum absolute atomic E-state index is 0.00270. The molecule has 1 aromatic heterocycles. The molecule has 1 heterocycles. The number of nitrogens with one attached hydrogen (secondary N) is 3. The summed E-state index contributed by atoms with van der Waals surface area (Å²) < 4.78 is 10.5. The third-order valence-electron chi connectivity index (χ3n) is 5.70. The molecule has 0 atom stereocenters. The van der Waals surface area contributed by atoms with Crippen LogP contribution in [0.25, 0.3) is 0 Å². The van der Waals surface area contributed by atoms with Crippen LogP contribution in [0.4, 0.5) is 33.5 Å². The molecule has 0 aliphatic carbocycles. The Kier molecular flexibility index (Phi) is 9.82. The number of aromatic nitrogens is 2. The maximum Gasteiger partial charge on any atom is 0.327 e. The first-order chi connectivity index (χ1) is 19.5. The zero-order valence-electron chi connectivity index (χ0n) is 22.9. The molecule has 0 aliphatic heterocycles. The topological polar surface area (TPSA) is 155 Å². The van der Waals surface area contributed by atoms with Crippen LogP contribution in [0.3, 0.4) is 0 Å². The van der Waals surface area contributed by atoms with Crippen molar-refractivity contribution in [1.29, 1.82) is 0 Å². The van der Waals surface area contributed by atoms with Crippen molar-refractivity contribution in [2.75, 3.05) is 56.2 Å². The van der Waals surface area contributed by atoms with Crippen molar-refractivity contribution < 1.29 is 28.7 Å². The lowest BCUT2D eigenvalue weighted by Crippen LogP contribution is -2.32. The van der Waals surface area contributed by atoms with Crippen LogP contribution in [-0.4, -0.2) is 74.4 Å². The fourth-order valence-corrected chi connectivity index (χ4v) is 3.83. The largest absolute Gasteiger partial charge is 0.496 e. The Balaban J connectivity index is 1.91. The van der Waals surface area contributed by atoms with Crippen LogP contribution in [0.2, 0.25) is 5.02 Å². The molecule has 3 rings (SSSR count). The van der Waals surface area contributed by atoms with Crippen LogP contribution in [0, 0.1) is 0 Å². The van der Waals surface area contributed by atoms with Crippen molar-refractivity contribution in [3.8, 4) is 11.5 Å². The van der Waals surface area contributed by atoms with E-state index in [9.17, 15) is 19.2 Å². The number of carbonyl (C=O) groups excluding carboxylic acids is 4. The second-order valence-corrected chi connectivity index (χ2v) is 8.91. The molecule has 14 heteroatoms. The number of anilines is 5. The van der Waals surface area contributed by atoms with Crippen LogP contribution in [-0.2, 0) is 4.79 Å². The van der Waals surface area contributed by atoms with E-state index in [0.717, 1.165) is 6.08 Å². The van der Waals surface area contributed by atoms with E-state index in [-0.39, 0.29) is 45.3 Å². The van der Waals surface area contributed by atoms with Crippen molar-refractivity contribution in [3.05, 3.63) is 65.5 Å². The van der Waals surface area contributed by atoms with Gasteiger partial charge in [0.05, 0.1) is 36.8 Å². The highest BCUT2D eigenvalue weighted by molar-refractivity contribution is 6.36. The van der Waals surface area contributed by atoms with Gasteiger partial charge in [0.25, 0.3) is 5.91 Å². The maximum absolute atomic E-state index is 13.2. The lowest BCUT2D eigenvalue weighted by Gasteiger charge is -2.21. The minimum atomic E-state index is -0.680. The predicted molar refractivity (Wildman–Crippen MR) is 156 cm³/mol. The number of urea groups is 1. The van der Waals surface area contributed by atoms with E-state index in [0.29, 0.717) is 23.2 Å². The summed E-state index contributed by atoms with van der Waals surface area (Å²) in [5.41, 5.74) is 1.09. The van der Waals surface area contributed by atoms with Crippen molar-refractivity contribution in [2.45, 2.75) is 0 Å². The molecule has 0 saturated carbocycles. The molecule has 0 fully saturated rings. The van der Waals surface area contributed by atoms with E-state index >= 15 is 0 Å². The van der Waals surface area contributed by atoms with Crippen LogP contribution >= 0.6 is 11.6 Å². The molecule has 13 nitrogen and oxygen atoms in total. The van der Waals surface area contributed by atoms with Gasteiger partial charge in [-0.3, -0.25) is 19.3 Å². The Morgan fingerprint density at radius 2 is 1.68 bits per heavy atom. The number of hydrogen-bond donors (Lipinski definition) is 3. The predicted octanol–water partition coefficient (Wildman–Crippen LogP) is 4.20. The SMILES string of the molecule is C=CC(=O)Nc1cc(C(=O)N(C)C)ccc1Nc1cc(N(C)C(=O)Nc2c(Cl)c(OC)cc(OC)c2C=O)ncn1. The molecule has 0 spiro atoms. The van der Waals surface area contributed by atoms with Gasteiger partial charge in [0.15, 0.2) is 6.29 Å². The van der Waals surface area contributed by atoms with Gasteiger partial charge in [-0.15, -0.1) is 0 Å². The Bertz CT molecular complexity index is 1510. The van der Waals surface area contributed by atoms with Crippen LogP contribution in [0.5, 0.6) is 11.5 Å². The number of nitrogens with zero attached hydrogens (tertiary/aromatic N) is 4. The van der Waals surface area contributed by atoms with Gasteiger partial charge in [-0.05, 0) is 24.3 Å². The van der Waals surface area contributed by atoms with Gasteiger partial charge < -0.3 is 30.3 Å². The Morgan fingerprint density at radius 3 is 2.29 bits per heavy atom. The highest BCUT2D eigenvalue weighted by Gasteiger charge is 2.22. The Hall–Kier alpha value is -5.17. The lowest BCUT2D eigenvalue weighted by atomic mass is 10.1. The van der Waals surface area contributed by atoms with E-state index in [1.807, 2.05) is 0 Å². The van der Waals surface area contributed by atoms with Gasteiger partial charge in [0.2, 0.25) is 5.91 Å². The van der Waals surface area contributed by atoms with Gasteiger partial charge in [0.1, 0.15) is 34.5 Å². The molecule has 214 valence electrons. The summed E-state index contributed by atoms with van der Waals surface area (Å²) in [4.78, 5) is 60.3. The second kappa shape index (κ2) is 13.3. The Labute approximate surface area is 241 Å². The van der Waals surface area contributed by atoms with Gasteiger partial charge in [0, 0.05) is 38.8 Å². The molecular formula is C27H28ClN7O6. The molecule has 4 amide bonds. The van der Waals surface area contributed by atoms with Crippen LogP contribution < -0.4 is 30.3 Å². The number of rotatable bonds is 10. The number of aldehydes is 1. The lowest BCUT2D eigenvalue weighted by molar-refractivity contribution is -0.111. The third-order valence-corrected chi connectivity index (χ3v) is 6.08. The Morgan fingerprint density at radius 1 is 0.976 bits per heavy atom. The first-order valence-electron chi connectivity index (χ1n) is 11.9. The fourth-order valence-electron chi connectivity index (χ4n) is 3.54. The second-order valence-electron chi connectivity index (χ2n) is 8.53. The quantitative estimate of drug-likeness (QED) is 0.236. The number of methoxy groups -OCH3 is 2. The average molecular weight is 582 g/mol.